The summed E-state index contributed by atoms with van der Waals surface area (Å²) in [6.45, 7) is 2.51. The molecule has 1 heterocycles. The molecular formula is C23H19ClF5N3O2. The van der Waals surface area contributed by atoms with Gasteiger partial charge in [0.25, 0.3) is 5.91 Å². The standard InChI is InChI=1S/C23H19ClF5N3O2/c1-2-34-8-6-12-9-13(25)3-4-15(12)16-11-17(24)19(21(30)20(16)26)22(33)32-14-5-7-31-18(10-14)23(27,28)29/h3-5,7,9-11H,2,6,8,30H2,1H3,(H,31,32,33). The van der Waals surface area contributed by atoms with Gasteiger partial charge in [0, 0.05) is 24.1 Å². The number of hydrogen-bond donors (Lipinski definition) is 2. The number of carbonyl (C=O) groups excluding carboxylic acids is 1. The molecule has 5 nitrogen and oxygen atoms in total. The van der Waals surface area contributed by atoms with Crippen LogP contribution in [0.1, 0.15) is 28.5 Å². The highest BCUT2D eigenvalue weighted by molar-refractivity contribution is 6.35. The molecule has 0 spiro atoms. The fourth-order valence-electron chi connectivity index (χ4n) is 3.29. The van der Waals surface area contributed by atoms with Gasteiger partial charge in [-0.3, -0.25) is 9.78 Å². The minimum Gasteiger partial charge on any atom is -0.396 e. The molecule has 0 bridgehead atoms. The number of carbonyl (C=O) groups is 1. The summed E-state index contributed by atoms with van der Waals surface area (Å²) in [7, 11) is 0. The van der Waals surface area contributed by atoms with E-state index >= 15 is 4.39 Å². The molecule has 34 heavy (non-hydrogen) atoms. The van der Waals surface area contributed by atoms with E-state index in [9.17, 15) is 22.4 Å². The highest BCUT2D eigenvalue weighted by atomic mass is 35.5. The Labute approximate surface area is 196 Å². The van der Waals surface area contributed by atoms with Crippen LogP contribution in [-0.2, 0) is 17.3 Å². The van der Waals surface area contributed by atoms with Crippen molar-refractivity contribution in [1.29, 1.82) is 0 Å². The fourth-order valence-corrected chi connectivity index (χ4v) is 3.58. The molecule has 180 valence electrons. The second-order valence-electron chi connectivity index (χ2n) is 7.14. The van der Waals surface area contributed by atoms with E-state index < -0.39 is 40.7 Å². The lowest BCUT2D eigenvalue weighted by Gasteiger charge is -2.16. The first-order valence-corrected chi connectivity index (χ1v) is 10.4. The van der Waals surface area contributed by atoms with Crippen LogP contribution in [0.25, 0.3) is 11.1 Å². The number of hydrogen-bond acceptors (Lipinski definition) is 4. The van der Waals surface area contributed by atoms with Crippen LogP contribution in [0.2, 0.25) is 5.02 Å². The van der Waals surface area contributed by atoms with Crippen LogP contribution in [-0.4, -0.2) is 24.1 Å². The van der Waals surface area contributed by atoms with Gasteiger partial charge in [0.2, 0.25) is 0 Å². The molecule has 0 saturated carbocycles. The molecule has 0 aliphatic heterocycles. The normalized spacial score (nSPS) is 11.5. The number of halogens is 6. The van der Waals surface area contributed by atoms with Gasteiger partial charge in [0.15, 0.2) is 5.82 Å². The van der Waals surface area contributed by atoms with E-state index in [-0.39, 0.29) is 29.3 Å². The van der Waals surface area contributed by atoms with Gasteiger partial charge in [-0.05, 0) is 54.8 Å². The number of amides is 1. The molecule has 3 rings (SSSR count). The monoisotopic (exact) mass is 499 g/mol. The minimum absolute atomic E-state index is 0.0613. The van der Waals surface area contributed by atoms with Crippen molar-refractivity contribution in [2.45, 2.75) is 19.5 Å². The SMILES string of the molecule is CCOCCc1cc(F)ccc1-c1cc(Cl)c(C(=O)Nc2ccnc(C(F)(F)F)c2)c(N)c1F. The lowest BCUT2D eigenvalue weighted by molar-refractivity contribution is -0.141. The van der Waals surface area contributed by atoms with Gasteiger partial charge < -0.3 is 15.8 Å². The van der Waals surface area contributed by atoms with E-state index in [0.717, 1.165) is 24.4 Å². The number of ether oxygens (including phenoxy) is 1. The number of rotatable bonds is 7. The minimum atomic E-state index is -4.72. The maximum absolute atomic E-state index is 15.3. The Morgan fingerprint density at radius 2 is 1.88 bits per heavy atom. The average Bonchev–Trinajstić information content (AvgIpc) is 2.76. The van der Waals surface area contributed by atoms with Crippen molar-refractivity contribution in [3.8, 4) is 11.1 Å². The molecule has 3 aromatic rings. The second-order valence-corrected chi connectivity index (χ2v) is 7.55. The first-order valence-electron chi connectivity index (χ1n) is 10.0. The molecule has 0 saturated heterocycles. The van der Waals surface area contributed by atoms with Crippen LogP contribution in [0, 0.1) is 11.6 Å². The van der Waals surface area contributed by atoms with Gasteiger partial charge in [-0.2, -0.15) is 13.2 Å². The predicted molar refractivity (Wildman–Crippen MR) is 119 cm³/mol. The first kappa shape index (κ1) is 25.4. The number of nitrogens with one attached hydrogen (secondary N) is 1. The fraction of sp³-hybridized carbons (Fsp3) is 0.217. The Kier molecular flexibility index (Phi) is 7.73. The van der Waals surface area contributed by atoms with E-state index in [1.54, 1.807) is 6.92 Å². The van der Waals surface area contributed by atoms with Gasteiger partial charge >= 0.3 is 6.18 Å². The van der Waals surface area contributed by atoms with Crippen LogP contribution in [0.15, 0.2) is 42.6 Å². The van der Waals surface area contributed by atoms with Crippen LogP contribution >= 0.6 is 11.6 Å². The quantitative estimate of drug-likeness (QED) is 0.233. The van der Waals surface area contributed by atoms with E-state index in [0.29, 0.717) is 23.8 Å². The van der Waals surface area contributed by atoms with E-state index in [2.05, 4.69) is 10.3 Å². The average molecular weight is 500 g/mol. The zero-order chi connectivity index (χ0) is 25.0. The highest BCUT2D eigenvalue weighted by Crippen LogP contribution is 2.37. The molecule has 1 amide bonds. The Balaban J connectivity index is 1.97. The number of anilines is 2. The molecule has 0 aliphatic rings. The summed E-state index contributed by atoms with van der Waals surface area (Å²) in [6, 6.07) is 6.65. The Bertz CT molecular complexity index is 1220. The number of alkyl halides is 3. The van der Waals surface area contributed by atoms with Crippen LogP contribution in [0.5, 0.6) is 0 Å². The van der Waals surface area contributed by atoms with Crippen LogP contribution in [0.3, 0.4) is 0 Å². The predicted octanol–water partition coefficient (Wildman–Crippen LogP) is 6.11. The van der Waals surface area contributed by atoms with Crippen molar-refractivity contribution in [3.05, 3.63) is 76.1 Å². The van der Waals surface area contributed by atoms with Crippen LogP contribution in [0.4, 0.5) is 33.3 Å². The van der Waals surface area contributed by atoms with Crippen LogP contribution < -0.4 is 11.1 Å². The van der Waals surface area contributed by atoms with Gasteiger partial charge in [0.1, 0.15) is 11.5 Å². The summed E-state index contributed by atoms with van der Waals surface area (Å²) >= 11 is 6.23. The zero-order valence-electron chi connectivity index (χ0n) is 17.8. The molecule has 0 radical (unpaired) electrons. The summed E-state index contributed by atoms with van der Waals surface area (Å²) in [6.07, 6.45) is -3.57. The van der Waals surface area contributed by atoms with Crippen molar-refractivity contribution >= 4 is 28.9 Å². The number of benzene rings is 2. The van der Waals surface area contributed by atoms with Gasteiger partial charge in [0.05, 0.1) is 22.9 Å². The van der Waals surface area contributed by atoms with Gasteiger partial charge in [-0.1, -0.05) is 17.7 Å². The molecule has 0 aliphatic carbocycles. The molecule has 0 atom stereocenters. The number of pyridine rings is 1. The summed E-state index contributed by atoms with van der Waals surface area (Å²) in [4.78, 5) is 15.9. The molecule has 2 aromatic carbocycles. The van der Waals surface area contributed by atoms with Crippen molar-refractivity contribution in [2.24, 2.45) is 0 Å². The maximum atomic E-state index is 15.3. The van der Waals surface area contributed by atoms with Crippen molar-refractivity contribution in [1.82, 2.24) is 4.98 Å². The third-order valence-corrected chi connectivity index (χ3v) is 5.16. The van der Waals surface area contributed by atoms with Crippen molar-refractivity contribution in [3.63, 3.8) is 0 Å². The van der Waals surface area contributed by atoms with Crippen molar-refractivity contribution < 1.29 is 31.5 Å². The zero-order valence-corrected chi connectivity index (χ0v) is 18.5. The molecular weight excluding hydrogens is 481 g/mol. The molecule has 11 heteroatoms. The van der Waals surface area contributed by atoms with E-state index in [4.69, 9.17) is 22.1 Å². The van der Waals surface area contributed by atoms with Crippen molar-refractivity contribution in [2.75, 3.05) is 24.3 Å². The number of nitrogens with zero attached hydrogens (tertiary/aromatic N) is 1. The Morgan fingerprint density at radius 3 is 2.56 bits per heavy atom. The number of nitrogens with two attached hydrogens (primary N) is 1. The molecule has 0 fully saturated rings. The summed E-state index contributed by atoms with van der Waals surface area (Å²) in [5.74, 6) is -2.52. The van der Waals surface area contributed by atoms with Gasteiger partial charge in [-0.25, -0.2) is 8.78 Å². The summed E-state index contributed by atoms with van der Waals surface area (Å²) in [5, 5.41) is 1.98. The largest absolute Gasteiger partial charge is 0.433 e. The Morgan fingerprint density at radius 1 is 1.15 bits per heavy atom. The highest BCUT2D eigenvalue weighted by Gasteiger charge is 2.32. The number of nitrogen functional groups attached to an aromatic ring is 1. The second kappa shape index (κ2) is 10.4. The topological polar surface area (TPSA) is 77.2 Å². The maximum Gasteiger partial charge on any atom is 0.433 e. The van der Waals surface area contributed by atoms with E-state index in [1.807, 2.05) is 0 Å². The Hall–Kier alpha value is -3.24. The molecule has 3 N–H and O–H groups in total. The number of aromatic nitrogens is 1. The summed E-state index contributed by atoms with van der Waals surface area (Å²) in [5.41, 5.74) is 4.04. The smallest absolute Gasteiger partial charge is 0.396 e. The molecule has 1 aromatic heterocycles. The molecule has 0 unspecified atom stereocenters. The lowest BCUT2D eigenvalue weighted by atomic mass is 9.95. The van der Waals surface area contributed by atoms with Gasteiger partial charge in [-0.15, -0.1) is 0 Å². The third-order valence-electron chi connectivity index (χ3n) is 4.86. The van der Waals surface area contributed by atoms with E-state index in [1.165, 1.54) is 12.1 Å². The lowest BCUT2D eigenvalue weighted by Crippen LogP contribution is -2.17. The third kappa shape index (κ3) is 5.63. The summed E-state index contributed by atoms with van der Waals surface area (Å²) < 4.78 is 73.0. The first-order chi connectivity index (χ1) is 16.0.